The lowest BCUT2D eigenvalue weighted by atomic mass is 10.0. The van der Waals surface area contributed by atoms with Crippen LogP contribution in [-0.4, -0.2) is 22.7 Å². The molecule has 0 amide bonds. The van der Waals surface area contributed by atoms with Gasteiger partial charge in [-0.15, -0.1) is 11.3 Å². The van der Waals surface area contributed by atoms with Crippen molar-refractivity contribution in [2.24, 2.45) is 0 Å². The van der Waals surface area contributed by atoms with Crippen molar-refractivity contribution in [3.05, 3.63) is 28.8 Å². The second kappa shape index (κ2) is 4.03. The molecule has 3 rings (SSSR count). The summed E-state index contributed by atoms with van der Waals surface area (Å²) in [5, 5.41) is 9.91. The van der Waals surface area contributed by atoms with Crippen LogP contribution in [0.2, 0.25) is 0 Å². The molecule has 1 fully saturated rings. The topological polar surface area (TPSA) is 59.4 Å². The van der Waals surface area contributed by atoms with Crippen molar-refractivity contribution in [1.82, 2.24) is 4.98 Å². The molecule has 0 spiro atoms. The van der Waals surface area contributed by atoms with Gasteiger partial charge in [-0.1, -0.05) is 0 Å². The summed E-state index contributed by atoms with van der Waals surface area (Å²) in [4.78, 5) is 15.5. The Morgan fingerprint density at radius 3 is 3.06 bits per heavy atom. The van der Waals surface area contributed by atoms with Gasteiger partial charge in [0.25, 0.3) is 0 Å². The van der Waals surface area contributed by atoms with Crippen LogP contribution in [0.15, 0.2) is 18.2 Å². The average Bonchev–Trinajstić information content (AvgIpc) is 2.94. The normalized spacial score (nSPS) is 23.6. The first-order chi connectivity index (χ1) is 8.58. The number of fused-ring (bicyclic) bond motifs is 1. The van der Waals surface area contributed by atoms with Crippen LogP contribution in [0.25, 0.3) is 10.2 Å². The highest BCUT2D eigenvalue weighted by Crippen LogP contribution is 2.39. The lowest BCUT2D eigenvalue weighted by molar-refractivity contribution is 0.0168. The van der Waals surface area contributed by atoms with E-state index in [9.17, 15) is 4.79 Å². The summed E-state index contributed by atoms with van der Waals surface area (Å²) in [7, 11) is 0. The van der Waals surface area contributed by atoms with Crippen LogP contribution in [0.5, 0.6) is 0 Å². The molecule has 1 aromatic heterocycles. The molecular weight excluding hydrogens is 250 g/mol. The van der Waals surface area contributed by atoms with Gasteiger partial charge in [0.15, 0.2) is 0 Å². The third-order valence-electron chi connectivity index (χ3n) is 3.31. The molecule has 1 aromatic carbocycles. The number of nitrogens with zero attached hydrogens (tertiary/aromatic N) is 1. The predicted octanol–water partition coefficient (Wildman–Crippen LogP) is 3.02. The fourth-order valence-electron chi connectivity index (χ4n) is 2.23. The van der Waals surface area contributed by atoms with Gasteiger partial charge in [-0.05, 0) is 38.0 Å². The first-order valence-corrected chi connectivity index (χ1v) is 6.68. The minimum Gasteiger partial charge on any atom is -0.478 e. The molecule has 1 aliphatic rings. The number of aromatic carboxylic acids is 1. The second-order valence-corrected chi connectivity index (χ2v) is 5.72. The lowest BCUT2D eigenvalue weighted by Crippen LogP contribution is -2.19. The van der Waals surface area contributed by atoms with E-state index in [0.717, 1.165) is 34.7 Å². The molecule has 1 N–H and O–H groups in total. The molecule has 0 saturated carbocycles. The maximum Gasteiger partial charge on any atom is 0.335 e. The summed E-state index contributed by atoms with van der Waals surface area (Å²) >= 11 is 1.53. The van der Waals surface area contributed by atoms with E-state index in [0.29, 0.717) is 5.56 Å². The van der Waals surface area contributed by atoms with Crippen LogP contribution >= 0.6 is 11.3 Å². The van der Waals surface area contributed by atoms with Gasteiger partial charge in [0, 0.05) is 6.61 Å². The van der Waals surface area contributed by atoms with Crippen LogP contribution in [0.3, 0.4) is 0 Å². The van der Waals surface area contributed by atoms with Crippen molar-refractivity contribution < 1.29 is 14.6 Å². The summed E-state index contributed by atoms with van der Waals surface area (Å²) in [6.07, 6.45) is 2.02. The number of hydrogen-bond acceptors (Lipinski definition) is 4. The highest BCUT2D eigenvalue weighted by molar-refractivity contribution is 7.18. The fourth-order valence-corrected chi connectivity index (χ4v) is 3.36. The van der Waals surface area contributed by atoms with Crippen LogP contribution in [-0.2, 0) is 10.3 Å². The quantitative estimate of drug-likeness (QED) is 0.904. The van der Waals surface area contributed by atoms with Gasteiger partial charge < -0.3 is 9.84 Å². The molecule has 4 nitrogen and oxygen atoms in total. The summed E-state index contributed by atoms with van der Waals surface area (Å²) in [6.45, 7) is 2.82. The van der Waals surface area contributed by atoms with E-state index in [4.69, 9.17) is 9.84 Å². The number of thiazole rings is 1. The SMILES string of the molecule is CC1(c2nc3ccc(C(=O)O)cc3s2)CCCO1. The zero-order valence-corrected chi connectivity index (χ0v) is 10.8. The van der Waals surface area contributed by atoms with Crippen molar-refractivity contribution in [2.75, 3.05) is 6.61 Å². The van der Waals surface area contributed by atoms with E-state index in [1.165, 1.54) is 11.3 Å². The predicted molar refractivity (Wildman–Crippen MR) is 69.1 cm³/mol. The highest BCUT2D eigenvalue weighted by atomic mass is 32.1. The van der Waals surface area contributed by atoms with Gasteiger partial charge in [0.1, 0.15) is 10.6 Å². The molecule has 18 heavy (non-hydrogen) atoms. The van der Waals surface area contributed by atoms with Crippen molar-refractivity contribution in [1.29, 1.82) is 0 Å². The molecule has 1 saturated heterocycles. The zero-order valence-electron chi connectivity index (χ0n) is 9.97. The van der Waals surface area contributed by atoms with Crippen LogP contribution in [0.4, 0.5) is 0 Å². The van der Waals surface area contributed by atoms with E-state index >= 15 is 0 Å². The van der Waals surface area contributed by atoms with E-state index in [1.807, 2.05) is 0 Å². The second-order valence-electron chi connectivity index (χ2n) is 4.69. The van der Waals surface area contributed by atoms with Crippen LogP contribution in [0, 0.1) is 0 Å². The van der Waals surface area contributed by atoms with Gasteiger partial charge in [0.05, 0.1) is 15.8 Å². The standard InChI is InChI=1S/C13H13NO3S/c1-13(5-2-6-17-13)12-14-9-4-3-8(11(15)16)7-10(9)18-12/h3-4,7H,2,5-6H2,1H3,(H,15,16). The Labute approximate surface area is 108 Å². The largest absolute Gasteiger partial charge is 0.478 e. The number of carbonyl (C=O) groups is 1. The van der Waals surface area contributed by atoms with E-state index in [-0.39, 0.29) is 5.60 Å². The first-order valence-electron chi connectivity index (χ1n) is 5.87. The molecule has 94 valence electrons. The Morgan fingerprint density at radius 2 is 2.39 bits per heavy atom. The monoisotopic (exact) mass is 263 g/mol. The Kier molecular flexibility index (Phi) is 2.60. The third kappa shape index (κ3) is 1.79. The first kappa shape index (κ1) is 11.6. The van der Waals surface area contributed by atoms with Crippen LogP contribution in [0.1, 0.15) is 35.1 Å². The Hall–Kier alpha value is -1.46. The molecule has 0 radical (unpaired) electrons. The van der Waals surface area contributed by atoms with Crippen molar-refractivity contribution in [3.8, 4) is 0 Å². The molecule has 2 heterocycles. The minimum absolute atomic E-state index is 0.299. The Morgan fingerprint density at radius 1 is 1.56 bits per heavy atom. The molecule has 0 bridgehead atoms. The zero-order chi connectivity index (χ0) is 12.8. The highest BCUT2D eigenvalue weighted by Gasteiger charge is 2.34. The van der Waals surface area contributed by atoms with Crippen LogP contribution < -0.4 is 0 Å². The maximum atomic E-state index is 10.9. The summed E-state index contributed by atoms with van der Waals surface area (Å²) < 4.78 is 6.67. The smallest absolute Gasteiger partial charge is 0.335 e. The van der Waals surface area contributed by atoms with E-state index < -0.39 is 5.97 Å². The number of rotatable bonds is 2. The van der Waals surface area contributed by atoms with Gasteiger partial charge in [-0.3, -0.25) is 0 Å². The number of carboxylic acid groups (broad SMARTS) is 1. The third-order valence-corrected chi connectivity index (χ3v) is 4.57. The van der Waals surface area contributed by atoms with Crippen molar-refractivity contribution in [2.45, 2.75) is 25.4 Å². The molecule has 2 aromatic rings. The van der Waals surface area contributed by atoms with Crippen molar-refractivity contribution >= 4 is 27.5 Å². The van der Waals surface area contributed by atoms with E-state index in [1.54, 1.807) is 18.2 Å². The number of aromatic nitrogens is 1. The summed E-state index contributed by atoms with van der Waals surface area (Å²) in [5.41, 5.74) is 0.847. The Balaban J connectivity index is 2.08. The molecule has 1 unspecified atom stereocenters. The average molecular weight is 263 g/mol. The van der Waals surface area contributed by atoms with Gasteiger partial charge >= 0.3 is 5.97 Å². The molecule has 1 aliphatic heterocycles. The van der Waals surface area contributed by atoms with Gasteiger partial charge in [-0.25, -0.2) is 9.78 Å². The molecule has 0 aliphatic carbocycles. The maximum absolute atomic E-state index is 10.9. The minimum atomic E-state index is -0.907. The van der Waals surface area contributed by atoms with Crippen molar-refractivity contribution in [3.63, 3.8) is 0 Å². The lowest BCUT2D eigenvalue weighted by Gasteiger charge is -2.19. The molecule has 1 atom stereocenters. The molecular formula is C13H13NO3S. The number of ether oxygens (including phenoxy) is 1. The summed E-state index contributed by atoms with van der Waals surface area (Å²) in [5.74, 6) is -0.907. The molecule has 5 heteroatoms. The summed E-state index contributed by atoms with van der Waals surface area (Å²) in [6, 6.07) is 5.03. The van der Waals surface area contributed by atoms with Gasteiger partial charge in [-0.2, -0.15) is 0 Å². The number of hydrogen-bond donors (Lipinski definition) is 1. The number of benzene rings is 1. The van der Waals surface area contributed by atoms with E-state index in [2.05, 4.69) is 11.9 Å². The Bertz CT molecular complexity index is 614. The number of carboxylic acids is 1. The van der Waals surface area contributed by atoms with Gasteiger partial charge in [0.2, 0.25) is 0 Å². The fraction of sp³-hybridized carbons (Fsp3) is 0.385.